The van der Waals surface area contributed by atoms with Crippen LogP contribution in [0, 0.1) is 0 Å². The molecule has 0 aliphatic carbocycles. The van der Waals surface area contributed by atoms with Crippen LogP contribution in [0.25, 0.3) is 0 Å². The molecular formula is C16H18BrNO2. The molecular weight excluding hydrogens is 318 g/mol. The number of nitrogens with one attached hydrogen (secondary N) is 1. The van der Waals surface area contributed by atoms with Gasteiger partial charge in [0, 0.05) is 16.6 Å². The fourth-order valence-corrected chi connectivity index (χ4v) is 2.16. The van der Waals surface area contributed by atoms with Gasteiger partial charge in [-0.2, -0.15) is 0 Å². The van der Waals surface area contributed by atoms with E-state index in [1.165, 1.54) is 0 Å². The monoisotopic (exact) mass is 335 g/mol. The van der Waals surface area contributed by atoms with Gasteiger partial charge in [-0.3, -0.25) is 0 Å². The van der Waals surface area contributed by atoms with Crippen molar-refractivity contribution < 1.29 is 9.47 Å². The van der Waals surface area contributed by atoms with Crippen LogP contribution in [-0.2, 0) is 13.2 Å². The number of benzene rings is 2. The van der Waals surface area contributed by atoms with Crippen molar-refractivity contribution in [2.75, 3.05) is 14.2 Å². The number of ether oxygens (including phenoxy) is 2. The Morgan fingerprint density at radius 1 is 1.10 bits per heavy atom. The van der Waals surface area contributed by atoms with E-state index in [0.29, 0.717) is 6.61 Å². The third kappa shape index (κ3) is 3.99. The van der Waals surface area contributed by atoms with E-state index in [0.717, 1.165) is 33.6 Å². The van der Waals surface area contributed by atoms with E-state index in [1.807, 2.05) is 49.5 Å². The Morgan fingerprint density at radius 3 is 2.50 bits per heavy atom. The molecule has 0 atom stereocenters. The van der Waals surface area contributed by atoms with E-state index in [1.54, 1.807) is 7.11 Å². The Morgan fingerprint density at radius 2 is 1.85 bits per heavy atom. The van der Waals surface area contributed by atoms with Crippen LogP contribution < -0.4 is 14.8 Å². The SMILES string of the molecule is CNCc1cc(OC)ccc1OCc1ccc(Br)cc1. The predicted octanol–water partition coefficient (Wildman–Crippen LogP) is 3.76. The van der Waals surface area contributed by atoms with Gasteiger partial charge < -0.3 is 14.8 Å². The van der Waals surface area contributed by atoms with Gasteiger partial charge in [0.1, 0.15) is 18.1 Å². The zero-order chi connectivity index (χ0) is 14.4. The van der Waals surface area contributed by atoms with E-state index in [4.69, 9.17) is 9.47 Å². The van der Waals surface area contributed by atoms with Gasteiger partial charge in [0.05, 0.1) is 7.11 Å². The van der Waals surface area contributed by atoms with Crippen LogP contribution in [0.4, 0.5) is 0 Å². The lowest BCUT2D eigenvalue weighted by Crippen LogP contribution is -2.08. The summed E-state index contributed by atoms with van der Waals surface area (Å²) in [7, 11) is 3.58. The first-order valence-electron chi connectivity index (χ1n) is 6.41. The van der Waals surface area contributed by atoms with Crippen LogP contribution in [-0.4, -0.2) is 14.2 Å². The lowest BCUT2D eigenvalue weighted by Gasteiger charge is -2.13. The maximum absolute atomic E-state index is 5.90. The average molecular weight is 336 g/mol. The topological polar surface area (TPSA) is 30.5 Å². The Labute approximate surface area is 128 Å². The molecule has 2 aromatic rings. The maximum Gasteiger partial charge on any atom is 0.124 e. The molecule has 0 aliphatic heterocycles. The molecule has 0 unspecified atom stereocenters. The molecule has 0 saturated carbocycles. The lowest BCUT2D eigenvalue weighted by molar-refractivity contribution is 0.301. The molecule has 20 heavy (non-hydrogen) atoms. The average Bonchev–Trinajstić information content (AvgIpc) is 2.48. The molecule has 4 heteroatoms. The highest BCUT2D eigenvalue weighted by atomic mass is 79.9. The number of hydrogen-bond acceptors (Lipinski definition) is 3. The second-order valence-corrected chi connectivity index (χ2v) is 5.33. The molecule has 0 fully saturated rings. The standard InChI is InChI=1S/C16H18BrNO2/c1-18-10-13-9-15(19-2)7-8-16(13)20-11-12-3-5-14(17)6-4-12/h3-9,18H,10-11H2,1-2H3. The molecule has 0 aromatic heterocycles. The zero-order valence-electron chi connectivity index (χ0n) is 11.7. The Kier molecular flexibility index (Phi) is 5.44. The molecule has 106 valence electrons. The fourth-order valence-electron chi connectivity index (χ4n) is 1.89. The van der Waals surface area contributed by atoms with E-state index in [2.05, 4.69) is 21.2 Å². The Hall–Kier alpha value is -1.52. The van der Waals surface area contributed by atoms with E-state index >= 15 is 0 Å². The highest BCUT2D eigenvalue weighted by Gasteiger charge is 2.05. The van der Waals surface area contributed by atoms with Gasteiger partial charge in [-0.1, -0.05) is 28.1 Å². The lowest BCUT2D eigenvalue weighted by atomic mass is 10.2. The first-order chi connectivity index (χ1) is 9.72. The quantitative estimate of drug-likeness (QED) is 0.871. The molecule has 0 amide bonds. The van der Waals surface area contributed by atoms with Crippen molar-refractivity contribution in [3.05, 3.63) is 58.1 Å². The summed E-state index contributed by atoms with van der Waals surface area (Å²) in [5.41, 5.74) is 2.23. The Balaban J connectivity index is 2.09. The summed E-state index contributed by atoms with van der Waals surface area (Å²) in [5.74, 6) is 1.72. The highest BCUT2D eigenvalue weighted by molar-refractivity contribution is 9.10. The van der Waals surface area contributed by atoms with Crippen molar-refractivity contribution in [3.8, 4) is 11.5 Å². The number of hydrogen-bond donors (Lipinski definition) is 1. The maximum atomic E-state index is 5.90. The molecule has 3 nitrogen and oxygen atoms in total. The Bertz CT molecular complexity index is 555. The van der Waals surface area contributed by atoms with E-state index in [-0.39, 0.29) is 0 Å². The van der Waals surface area contributed by atoms with Crippen LogP contribution in [0.3, 0.4) is 0 Å². The summed E-state index contributed by atoms with van der Waals surface area (Å²) in [6, 6.07) is 14.0. The van der Waals surface area contributed by atoms with Crippen molar-refractivity contribution in [2.24, 2.45) is 0 Å². The van der Waals surface area contributed by atoms with Gasteiger partial charge >= 0.3 is 0 Å². The van der Waals surface area contributed by atoms with Crippen LogP contribution in [0.15, 0.2) is 46.9 Å². The van der Waals surface area contributed by atoms with Crippen LogP contribution in [0.1, 0.15) is 11.1 Å². The molecule has 0 radical (unpaired) electrons. The van der Waals surface area contributed by atoms with Gasteiger partial charge in [-0.05, 0) is 42.9 Å². The molecule has 1 N–H and O–H groups in total. The second kappa shape index (κ2) is 7.31. The van der Waals surface area contributed by atoms with Crippen LogP contribution in [0.5, 0.6) is 11.5 Å². The second-order valence-electron chi connectivity index (χ2n) is 4.42. The third-order valence-corrected chi connectivity index (χ3v) is 3.47. The zero-order valence-corrected chi connectivity index (χ0v) is 13.2. The summed E-state index contributed by atoms with van der Waals surface area (Å²) in [4.78, 5) is 0. The number of methoxy groups -OCH3 is 1. The first-order valence-corrected chi connectivity index (χ1v) is 7.21. The van der Waals surface area contributed by atoms with E-state index < -0.39 is 0 Å². The van der Waals surface area contributed by atoms with Crippen molar-refractivity contribution in [3.63, 3.8) is 0 Å². The van der Waals surface area contributed by atoms with Crippen molar-refractivity contribution in [1.29, 1.82) is 0 Å². The predicted molar refractivity (Wildman–Crippen MR) is 84.2 cm³/mol. The molecule has 0 heterocycles. The van der Waals surface area contributed by atoms with Crippen molar-refractivity contribution in [2.45, 2.75) is 13.2 Å². The largest absolute Gasteiger partial charge is 0.497 e. The van der Waals surface area contributed by atoms with Gasteiger partial charge in [-0.25, -0.2) is 0 Å². The minimum absolute atomic E-state index is 0.552. The van der Waals surface area contributed by atoms with Gasteiger partial charge in [0.15, 0.2) is 0 Å². The number of rotatable bonds is 6. The van der Waals surface area contributed by atoms with Crippen molar-refractivity contribution in [1.82, 2.24) is 5.32 Å². The summed E-state index contributed by atoms with van der Waals surface area (Å²) in [5, 5.41) is 3.14. The summed E-state index contributed by atoms with van der Waals surface area (Å²) in [6.07, 6.45) is 0. The minimum atomic E-state index is 0.552. The van der Waals surface area contributed by atoms with Gasteiger partial charge in [-0.15, -0.1) is 0 Å². The van der Waals surface area contributed by atoms with E-state index in [9.17, 15) is 0 Å². The van der Waals surface area contributed by atoms with Gasteiger partial charge in [0.25, 0.3) is 0 Å². The normalized spacial score (nSPS) is 10.3. The molecule has 2 rings (SSSR count). The summed E-state index contributed by atoms with van der Waals surface area (Å²) < 4.78 is 12.2. The molecule has 0 aliphatic rings. The first kappa shape index (κ1) is 14.9. The van der Waals surface area contributed by atoms with Crippen LogP contribution >= 0.6 is 15.9 Å². The molecule has 0 bridgehead atoms. The molecule has 2 aromatic carbocycles. The fraction of sp³-hybridized carbons (Fsp3) is 0.250. The highest BCUT2D eigenvalue weighted by Crippen LogP contribution is 2.25. The molecule has 0 saturated heterocycles. The summed E-state index contributed by atoms with van der Waals surface area (Å²) >= 11 is 3.43. The smallest absolute Gasteiger partial charge is 0.124 e. The van der Waals surface area contributed by atoms with Crippen LogP contribution in [0.2, 0.25) is 0 Å². The third-order valence-electron chi connectivity index (χ3n) is 2.94. The minimum Gasteiger partial charge on any atom is -0.497 e. The number of halogens is 1. The van der Waals surface area contributed by atoms with Gasteiger partial charge in [0.2, 0.25) is 0 Å². The molecule has 0 spiro atoms. The van der Waals surface area contributed by atoms with Crippen molar-refractivity contribution >= 4 is 15.9 Å². The summed E-state index contributed by atoms with van der Waals surface area (Å²) in [6.45, 7) is 1.29.